The van der Waals surface area contributed by atoms with E-state index >= 15 is 0 Å². The van der Waals surface area contributed by atoms with Crippen molar-refractivity contribution in [2.24, 2.45) is 5.92 Å². The van der Waals surface area contributed by atoms with Crippen molar-refractivity contribution in [3.8, 4) is 0 Å². The zero-order valence-electron chi connectivity index (χ0n) is 12.9. The van der Waals surface area contributed by atoms with E-state index in [9.17, 15) is 18.0 Å². The molecule has 0 aromatic carbocycles. The molecule has 0 bridgehead atoms. The van der Waals surface area contributed by atoms with Gasteiger partial charge in [0.15, 0.2) is 0 Å². The number of rotatable bonds is 5. The van der Waals surface area contributed by atoms with Crippen LogP contribution >= 0.6 is 0 Å². The number of carboxylic acids is 1. The molecule has 1 heterocycles. The molecule has 128 valence electrons. The highest BCUT2D eigenvalue weighted by atomic mass is 32.2. The summed E-state index contributed by atoms with van der Waals surface area (Å²) < 4.78 is 36.9. The third-order valence-corrected chi connectivity index (χ3v) is 5.34. The topological polar surface area (TPSA) is 123 Å². The summed E-state index contributed by atoms with van der Waals surface area (Å²) in [6.07, 6.45) is 1.74. The minimum absolute atomic E-state index is 0.0578. The van der Waals surface area contributed by atoms with Crippen LogP contribution in [-0.2, 0) is 19.6 Å². The lowest BCUT2D eigenvalue weighted by Crippen LogP contribution is -2.38. The minimum atomic E-state index is -3.91. The van der Waals surface area contributed by atoms with Gasteiger partial charge < -0.3 is 14.3 Å². The van der Waals surface area contributed by atoms with Gasteiger partial charge in [-0.05, 0) is 32.6 Å². The Labute approximate surface area is 133 Å². The molecule has 1 aliphatic rings. The molecular formula is C14H19NO7S. The average molecular weight is 345 g/mol. The lowest BCUT2D eigenvalue weighted by Gasteiger charge is -2.26. The maximum absolute atomic E-state index is 12.3. The van der Waals surface area contributed by atoms with Crippen LogP contribution in [0.4, 0.5) is 0 Å². The number of esters is 1. The number of sulfonamides is 1. The molecule has 1 fully saturated rings. The molecule has 1 aromatic heterocycles. The van der Waals surface area contributed by atoms with E-state index in [-0.39, 0.29) is 22.5 Å². The lowest BCUT2D eigenvalue weighted by atomic mass is 9.87. The van der Waals surface area contributed by atoms with Crippen LogP contribution in [0.15, 0.2) is 15.6 Å². The summed E-state index contributed by atoms with van der Waals surface area (Å²) in [5, 5.41) is 8.60. The SMILES string of the molecule is COC(=O)c1cc(S(=O)(=O)NC2CCC(C(=O)O)CC2)oc1C. The molecule has 0 saturated heterocycles. The van der Waals surface area contributed by atoms with Crippen LogP contribution in [0.1, 0.15) is 41.8 Å². The van der Waals surface area contributed by atoms with E-state index in [2.05, 4.69) is 9.46 Å². The number of aliphatic carboxylic acids is 1. The van der Waals surface area contributed by atoms with Gasteiger partial charge in [0.2, 0.25) is 5.09 Å². The first-order chi connectivity index (χ1) is 10.7. The molecule has 2 N–H and O–H groups in total. The van der Waals surface area contributed by atoms with E-state index in [1.54, 1.807) is 0 Å². The molecule has 1 saturated carbocycles. The second-order valence-electron chi connectivity index (χ2n) is 5.53. The molecule has 9 heteroatoms. The standard InChI is InChI=1S/C14H19NO7S/c1-8-11(14(18)21-2)7-12(22-8)23(19,20)15-10-5-3-9(4-6-10)13(16)17/h7,9-10,15H,3-6H2,1-2H3,(H,16,17). The Morgan fingerprint density at radius 1 is 1.30 bits per heavy atom. The Balaban J connectivity index is 2.08. The fourth-order valence-electron chi connectivity index (χ4n) is 2.64. The number of furan rings is 1. The molecular weight excluding hydrogens is 326 g/mol. The van der Waals surface area contributed by atoms with Gasteiger partial charge in [0, 0.05) is 12.1 Å². The number of methoxy groups -OCH3 is 1. The van der Waals surface area contributed by atoms with Gasteiger partial charge in [-0.15, -0.1) is 0 Å². The largest absolute Gasteiger partial charge is 0.481 e. The summed E-state index contributed by atoms with van der Waals surface area (Å²) in [7, 11) is -2.72. The van der Waals surface area contributed by atoms with Crippen LogP contribution < -0.4 is 4.72 Å². The van der Waals surface area contributed by atoms with Gasteiger partial charge in [0.25, 0.3) is 10.0 Å². The molecule has 0 spiro atoms. The Morgan fingerprint density at radius 2 is 1.91 bits per heavy atom. The summed E-state index contributed by atoms with van der Waals surface area (Å²) in [6.45, 7) is 1.48. The number of carboxylic acid groups (broad SMARTS) is 1. The molecule has 2 rings (SSSR count). The van der Waals surface area contributed by atoms with Crippen LogP contribution in [0, 0.1) is 12.8 Å². The number of carbonyl (C=O) groups excluding carboxylic acids is 1. The van der Waals surface area contributed by atoms with Crippen LogP contribution in [0.5, 0.6) is 0 Å². The molecule has 0 radical (unpaired) electrons. The first kappa shape index (κ1) is 17.5. The molecule has 8 nitrogen and oxygen atoms in total. The Morgan fingerprint density at radius 3 is 2.43 bits per heavy atom. The zero-order chi connectivity index (χ0) is 17.2. The summed E-state index contributed by atoms with van der Waals surface area (Å²) in [5.74, 6) is -1.79. The monoisotopic (exact) mass is 345 g/mol. The normalized spacial score (nSPS) is 21.8. The van der Waals surface area contributed by atoms with Gasteiger partial charge >= 0.3 is 11.9 Å². The third-order valence-electron chi connectivity index (χ3n) is 3.96. The van der Waals surface area contributed by atoms with Gasteiger partial charge in [-0.25, -0.2) is 17.9 Å². The molecule has 0 aliphatic heterocycles. The Hall–Kier alpha value is -1.87. The number of ether oxygens (including phenoxy) is 1. The fourth-order valence-corrected chi connectivity index (χ4v) is 3.93. The predicted octanol–water partition coefficient (Wildman–Crippen LogP) is 1.30. The van der Waals surface area contributed by atoms with Crippen molar-refractivity contribution in [3.63, 3.8) is 0 Å². The van der Waals surface area contributed by atoms with Crippen molar-refractivity contribution in [2.75, 3.05) is 7.11 Å². The first-order valence-corrected chi connectivity index (χ1v) is 8.66. The Kier molecular flexibility index (Phi) is 5.10. The summed E-state index contributed by atoms with van der Waals surface area (Å²) in [6, 6.07) is 0.786. The molecule has 0 amide bonds. The van der Waals surface area contributed by atoms with E-state index in [0.29, 0.717) is 25.7 Å². The first-order valence-electron chi connectivity index (χ1n) is 7.18. The summed E-state index contributed by atoms with van der Waals surface area (Å²) in [4.78, 5) is 22.4. The van der Waals surface area contributed by atoms with E-state index < -0.39 is 27.9 Å². The highest BCUT2D eigenvalue weighted by molar-refractivity contribution is 7.89. The quantitative estimate of drug-likeness (QED) is 0.771. The van der Waals surface area contributed by atoms with Crippen LogP contribution in [0.2, 0.25) is 0 Å². The van der Waals surface area contributed by atoms with Crippen molar-refractivity contribution >= 4 is 22.0 Å². The van der Waals surface area contributed by atoms with Gasteiger partial charge in [0.05, 0.1) is 13.0 Å². The number of nitrogens with one attached hydrogen (secondary N) is 1. The van der Waals surface area contributed by atoms with E-state index in [1.807, 2.05) is 0 Å². The number of hydrogen-bond acceptors (Lipinski definition) is 6. The molecule has 0 atom stereocenters. The van der Waals surface area contributed by atoms with Crippen molar-refractivity contribution < 1.29 is 32.3 Å². The van der Waals surface area contributed by atoms with Crippen LogP contribution in [-0.4, -0.2) is 38.6 Å². The highest BCUT2D eigenvalue weighted by Gasteiger charge is 2.31. The molecule has 0 unspecified atom stereocenters. The smallest absolute Gasteiger partial charge is 0.341 e. The van der Waals surface area contributed by atoms with Crippen molar-refractivity contribution in [3.05, 3.63) is 17.4 Å². The molecule has 1 aromatic rings. The van der Waals surface area contributed by atoms with Gasteiger partial charge in [-0.3, -0.25) is 4.79 Å². The number of hydrogen-bond donors (Lipinski definition) is 2. The molecule has 23 heavy (non-hydrogen) atoms. The van der Waals surface area contributed by atoms with Crippen LogP contribution in [0.3, 0.4) is 0 Å². The maximum Gasteiger partial charge on any atom is 0.341 e. The predicted molar refractivity (Wildman–Crippen MR) is 78.5 cm³/mol. The van der Waals surface area contributed by atoms with Gasteiger partial charge in [0.1, 0.15) is 11.3 Å². The number of aryl methyl sites for hydroxylation is 1. The van der Waals surface area contributed by atoms with E-state index in [4.69, 9.17) is 9.52 Å². The fraction of sp³-hybridized carbons (Fsp3) is 0.571. The summed E-state index contributed by atoms with van der Waals surface area (Å²) >= 11 is 0. The third kappa shape index (κ3) is 3.91. The van der Waals surface area contributed by atoms with E-state index in [0.717, 1.165) is 6.07 Å². The van der Waals surface area contributed by atoms with Crippen molar-refractivity contribution in [1.29, 1.82) is 0 Å². The number of carbonyl (C=O) groups is 2. The zero-order valence-corrected chi connectivity index (χ0v) is 13.7. The second kappa shape index (κ2) is 6.71. The van der Waals surface area contributed by atoms with Crippen molar-refractivity contribution in [2.45, 2.75) is 43.7 Å². The van der Waals surface area contributed by atoms with Crippen LogP contribution in [0.25, 0.3) is 0 Å². The minimum Gasteiger partial charge on any atom is -0.481 e. The van der Waals surface area contributed by atoms with Gasteiger partial charge in [-0.2, -0.15) is 0 Å². The highest BCUT2D eigenvalue weighted by Crippen LogP contribution is 2.26. The Bertz CT molecular complexity index is 699. The van der Waals surface area contributed by atoms with E-state index in [1.165, 1.54) is 14.0 Å². The summed E-state index contributed by atoms with van der Waals surface area (Å²) in [5.41, 5.74) is 0.0578. The maximum atomic E-state index is 12.3. The second-order valence-corrected chi connectivity index (χ2v) is 7.18. The average Bonchev–Trinajstić information content (AvgIpc) is 2.89. The lowest BCUT2D eigenvalue weighted by molar-refractivity contribution is -0.142. The van der Waals surface area contributed by atoms with Gasteiger partial charge in [-0.1, -0.05) is 0 Å². The molecule has 1 aliphatic carbocycles. The van der Waals surface area contributed by atoms with Crippen molar-refractivity contribution in [1.82, 2.24) is 4.72 Å².